The highest BCUT2D eigenvalue weighted by atomic mass is 16.5. The van der Waals surface area contributed by atoms with E-state index < -0.39 is 0 Å². The first kappa shape index (κ1) is 23.4. The van der Waals surface area contributed by atoms with Gasteiger partial charge in [-0.3, -0.25) is 4.79 Å². The number of carbonyl (C=O) groups excluding carboxylic acids is 1. The summed E-state index contributed by atoms with van der Waals surface area (Å²) in [6, 6.07) is 17.5. The van der Waals surface area contributed by atoms with E-state index in [1.165, 1.54) is 0 Å². The first-order valence-electron chi connectivity index (χ1n) is 11.1. The van der Waals surface area contributed by atoms with Crippen molar-refractivity contribution in [2.24, 2.45) is 0 Å². The van der Waals surface area contributed by atoms with Crippen LogP contribution in [0.15, 0.2) is 59.1 Å². The molecule has 6 nitrogen and oxygen atoms in total. The SMILES string of the molecule is CC[C@H](C)N(Cc1c(-c2ccccc2)noc1N(C)C(C)C)C(=O)c1ccccc1OC. The molecule has 3 aromatic rings. The number of hydrogen-bond donors (Lipinski definition) is 0. The average molecular weight is 436 g/mol. The maximum atomic E-state index is 13.7. The monoisotopic (exact) mass is 435 g/mol. The Labute approximate surface area is 190 Å². The minimum atomic E-state index is -0.0739. The molecule has 1 heterocycles. The molecule has 170 valence electrons. The molecule has 1 aromatic heterocycles. The van der Waals surface area contributed by atoms with Gasteiger partial charge in [0.05, 0.1) is 24.8 Å². The van der Waals surface area contributed by atoms with E-state index in [1.54, 1.807) is 7.11 Å². The maximum Gasteiger partial charge on any atom is 0.258 e. The first-order chi connectivity index (χ1) is 15.4. The van der Waals surface area contributed by atoms with E-state index >= 15 is 0 Å². The molecule has 0 radical (unpaired) electrons. The van der Waals surface area contributed by atoms with Crippen molar-refractivity contribution in [2.75, 3.05) is 19.1 Å². The molecular weight excluding hydrogens is 402 g/mol. The molecule has 0 bridgehead atoms. The number of amides is 1. The minimum absolute atomic E-state index is 0.0168. The summed E-state index contributed by atoms with van der Waals surface area (Å²) in [5.74, 6) is 1.18. The molecule has 0 fully saturated rings. The van der Waals surface area contributed by atoms with E-state index in [4.69, 9.17) is 9.26 Å². The largest absolute Gasteiger partial charge is 0.496 e. The first-order valence-corrected chi connectivity index (χ1v) is 11.1. The predicted octanol–water partition coefficient (Wildman–Crippen LogP) is 5.64. The zero-order valence-electron chi connectivity index (χ0n) is 19.8. The number of rotatable bonds is 9. The fraction of sp³-hybridized carbons (Fsp3) is 0.385. The molecule has 0 unspecified atom stereocenters. The minimum Gasteiger partial charge on any atom is -0.496 e. The molecule has 0 aliphatic rings. The van der Waals surface area contributed by atoms with Gasteiger partial charge >= 0.3 is 0 Å². The predicted molar refractivity (Wildman–Crippen MR) is 128 cm³/mol. The molecule has 1 amide bonds. The lowest BCUT2D eigenvalue weighted by Crippen LogP contribution is -2.38. The van der Waals surface area contributed by atoms with Gasteiger partial charge in [-0.15, -0.1) is 0 Å². The summed E-state index contributed by atoms with van der Waals surface area (Å²) in [5, 5.41) is 4.41. The van der Waals surface area contributed by atoms with Crippen molar-refractivity contribution in [1.82, 2.24) is 10.1 Å². The zero-order chi connectivity index (χ0) is 23.3. The van der Waals surface area contributed by atoms with Crippen LogP contribution >= 0.6 is 0 Å². The summed E-state index contributed by atoms with van der Waals surface area (Å²) in [5.41, 5.74) is 3.17. The number of anilines is 1. The van der Waals surface area contributed by atoms with Crippen molar-refractivity contribution in [1.29, 1.82) is 0 Å². The van der Waals surface area contributed by atoms with Crippen LogP contribution in [-0.4, -0.2) is 42.2 Å². The number of aromatic nitrogens is 1. The normalized spacial score (nSPS) is 12.0. The Morgan fingerprint density at radius 3 is 2.34 bits per heavy atom. The molecule has 0 aliphatic carbocycles. The van der Waals surface area contributed by atoms with Gasteiger partial charge in [-0.05, 0) is 39.3 Å². The fourth-order valence-electron chi connectivity index (χ4n) is 3.57. The standard InChI is InChI=1S/C26H33N3O3/c1-7-19(4)29(25(30)21-15-11-12-16-23(21)31-6)17-22-24(20-13-9-8-10-14-20)27-32-26(22)28(5)18(2)3/h8-16,18-19H,7,17H2,1-6H3/t19-/m0/s1. The van der Waals surface area contributed by atoms with Crippen LogP contribution in [0.3, 0.4) is 0 Å². The summed E-state index contributed by atoms with van der Waals surface area (Å²) in [7, 11) is 3.57. The molecule has 0 saturated carbocycles. The van der Waals surface area contributed by atoms with Crippen LogP contribution in [0.1, 0.15) is 50.0 Å². The molecular formula is C26H33N3O3. The average Bonchev–Trinajstić information content (AvgIpc) is 3.24. The van der Waals surface area contributed by atoms with Crippen LogP contribution in [0.4, 0.5) is 5.88 Å². The fourth-order valence-corrected chi connectivity index (χ4v) is 3.57. The third kappa shape index (κ3) is 4.79. The van der Waals surface area contributed by atoms with Crippen molar-refractivity contribution < 1.29 is 14.1 Å². The van der Waals surface area contributed by atoms with Crippen molar-refractivity contribution in [2.45, 2.75) is 52.7 Å². The van der Waals surface area contributed by atoms with Gasteiger partial charge in [0.1, 0.15) is 11.4 Å². The Kier molecular flexibility index (Phi) is 7.57. The van der Waals surface area contributed by atoms with Gasteiger partial charge in [-0.25, -0.2) is 0 Å². The highest BCUT2D eigenvalue weighted by Crippen LogP contribution is 2.34. The van der Waals surface area contributed by atoms with Gasteiger partial charge in [-0.1, -0.05) is 54.5 Å². The molecule has 0 saturated heterocycles. The molecule has 32 heavy (non-hydrogen) atoms. The maximum absolute atomic E-state index is 13.7. The molecule has 3 rings (SSSR count). The smallest absolute Gasteiger partial charge is 0.258 e. The molecule has 0 N–H and O–H groups in total. The Bertz CT molecular complexity index is 1030. The highest BCUT2D eigenvalue weighted by molar-refractivity contribution is 5.97. The Hall–Kier alpha value is -3.28. The highest BCUT2D eigenvalue weighted by Gasteiger charge is 2.29. The van der Waals surface area contributed by atoms with Gasteiger partial charge in [0.25, 0.3) is 5.91 Å². The van der Waals surface area contributed by atoms with Crippen LogP contribution in [0.5, 0.6) is 5.75 Å². The topological polar surface area (TPSA) is 58.8 Å². The summed E-state index contributed by atoms with van der Waals surface area (Å²) in [6.45, 7) is 8.72. The Morgan fingerprint density at radius 2 is 1.72 bits per heavy atom. The third-order valence-electron chi connectivity index (χ3n) is 5.96. The van der Waals surface area contributed by atoms with Crippen molar-refractivity contribution in [3.8, 4) is 17.0 Å². The van der Waals surface area contributed by atoms with Gasteiger partial charge in [0.15, 0.2) is 0 Å². The molecule has 0 aliphatic heterocycles. The van der Waals surface area contributed by atoms with Gasteiger partial charge in [0, 0.05) is 24.7 Å². The number of hydrogen-bond acceptors (Lipinski definition) is 5. The van der Waals surface area contributed by atoms with E-state index in [-0.39, 0.29) is 18.0 Å². The molecule has 6 heteroatoms. The van der Waals surface area contributed by atoms with E-state index in [9.17, 15) is 4.79 Å². The second-order valence-corrected chi connectivity index (χ2v) is 8.28. The van der Waals surface area contributed by atoms with Crippen LogP contribution in [0, 0.1) is 0 Å². The summed E-state index contributed by atoms with van der Waals surface area (Å²) in [4.78, 5) is 17.6. The van der Waals surface area contributed by atoms with E-state index in [0.29, 0.717) is 23.7 Å². The van der Waals surface area contributed by atoms with Crippen LogP contribution < -0.4 is 9.64 Å². The van der Waals surface area contributed by atoms with Gasteiger partial charge < -0.3 is 19.1 Å². The van der Waals surface area contributed by atoms with E-state index in [1.807, 2.05) is 66.5 Å². The lowest BCUT2D eigenvalue weighted by Gasteiger charge is -2.30. The number of carbonyl (C=O) groups is 1. The number of ether oxygens (including phenoxy) is 1. The van der Waals surface area contributed by atoms with Gasteiger partial charge in [-0.2, -0.15) is 0 Å². The van der Waals surface area contributed by atoms with E-state index in [2.05, 4.69) is 37.8 Å². The van der Waals surface area contributed by atoms with Gasteiger partial charge in [0.2, 0.25) is 5.88 Å². The van der Waals surface area contributed by atoms with Crippen LogP contribution in [0.25, 0.3) is 11.3 Å². The van der Waals surface area contributed by atoms with Crippen molar-refractivity contribution >= 4 is 11.8 Å². The summed E-state index contributed by atoms with van der Waals surface area (Å²) >= 11 is 0. The number of nitrogens with zero attached hydrogens (tertiary/aromatic N) is 3. The molecule has 1 atom stereocenters. The van der Waals surface area contributed by atoms with Crippen LogP contribution in [-0.2, 0) is 6.54 Å². The second-order valence-electron chi connectivity index (χ2n) is 8.28. The van der Waals surface area contributed by atoms with Crippen molar-refractivity contribution in [3.63, 3.8) is 0 Å². The molecule has 2 aromatic carbocycles. The number of benzene rings is 2. The summed E-state index contributed by atoms with van der Waals surface area (Å²) < 4.78 is 11.3. The quantitative estimate of drug-likeness (QED) is 0.436. The van der Waals surface area contributed by atoms with Crippen molar-refractivity contribution in [3.05, 3.63) is 65.7 Å². The summed E-state index contributed by atoms with van der Waals surface area (Å²) in [6.07, 6.45) is 0.822. The zero-order valence-corrected chi connectivity index (χ0v) is 19.8. The molecule has 0 spiro atoms. The Balaban J connectivity index is 2.09. The lowest BCUT2D eigenvalue weighted by molar-refractivity contribution is 0.0668. The Morgan fingerprint density at radius 1 is 1.06 bits per heavy atom. The van der Waals surface area contributed by atoms with Crippen LogP contribution in [0.2, 0.25) is 0 Å². The van der Waals surface area contributed by atoms with E-state index in [0.717, 1.165) is 23.2 Å². The number of para-hydroxylation sites is 1. The lowest BCUT2D eigenvalue weighted by atomic mass is 10.0. The third-order valence-corrected chi connectivity index (χ3v) is 5.96. The number of methoxy groups -OCH3 is 1. The second kappa shape index (κ2) is 10.4.